The number of cyclic esters (lactones) is 1. The first kappa shape index (κ1) is 10.4. The molecule has 3 fully saturated rings. The average Bonchev–Trinajstić information content (AvgIpc) is 2.90. The van der Waals surface area contributed by atoms with E-state index in [2.05, 4.69) is 10.2 Å². The number of hydrogen-bond donors (Lipinski definition) is 1. The summed E-state index contributed by atoms with van der Waals surface area (Å²) in [5.74, 6) is 0. The summed E-state index contributed by atoms with van der Waals surface area (Å²) in [7, 11) is 0. The van der Waals surface area contributed by atoms with Crippen molar-refractivity contribution in [3.05, 3.63) is 0 Å². The Labute approximate surface area is 96.3 Å². The first-order valence-electron chi connectivity index (χ1n) is 6.49. The molecule has 16 heavy (non-hydrogen) atoms. The lowest BCUT2D eigenvalue weighted by Crippen LogP contribution is -2.56. The Morgan fingerprint density at radius 3 is 2.62 bits per heavy atom. The summed E-state index contributed by atoms with van der Waals surface area (Å²) in [5, 5.41) is 3.37. The largest absolute Gasteiger partial charge is 0.447 e. The molecule has 1 amide bonds. The highest BCUT2D eigenvalue weighted by Gasteiger charge is 2.50. The normalized spacial score (nSPS) is 30.0. The van der Waals surface area contributed by atoms with Crippen LogP contribution in [0.25, 0.3) is 0 Å². The molecule has 3 rings (SSSR count). The quantitative estimate of drug-likeness (QED) is 0.734. The Balaban J connectivity index is 1.83. The van der Waals surface area contributed by atoms with Crippen molar-refractivity contribution in [1.82, 2.24) is 10.2 Å². The second-order valence-electron chi connectivity index (χ2n) is 5.34. The molecular weight excluding hydrogens is 204 g/mol. The van der Waals surface area contributed by atoms with Gasteiger partial charge in [-0.25, -0.2) is 4.79 Å². The van der Waals surface area contributed by atoms with Crippen LogP contribution in [-0.2, 0) is 4.74 Å². The summed E-state index contributed by atoms with van der Waals surface area (Å²) < 4.78 is 5.33. The van der Waals surface area contributed by atoms with Gasteiger partial charge >= 0.3 is 6.09 Å². The zero-order chi connectivity index (χ0) is 11.0. The number of ether oxygens (including phenoxy) is 1. The Bertz CT molecular complexity index is 281. The number of piperidine rings is 1. The summed E-state index contributed by atoms with van der Waals surface area (Å²) in [6.07, 6.45) is 6.92. The fourth-order valence-electron chi connectivity index (χ4n) is 3.51. The SMILES string of the molecule is O=C1OCC2(CCNCC2)N1C1CCCC1. The van der Waals surface area contributed by atoms with Gasteiger partial charge in [0.25, 0.3) is 0 Å². The standard InChI is InChI=1S/C12H20N2O2/c15-11-14(10-3-1-2-4-10)12(9-16-11)5-7-13-8-6-12/h10,13H,1-9H2. The van der Waals surface area contributed by atoms with E-state index in [4.69, 9.17) is 4.74 Å². The van der Waals surface area contributed by atoms with Crippen LogP contribution in [-0.4, -0.2) is 42.3 Å². The van der Waals surface area contributed by atoms with E-state index in [9.17, 15) is 4.79 Å². The highest BCUT2D eigenvalue weighted by molar-refractivity contribution is 5.71. The average molecular weight is 224 g/mol. The lowest BCUT2D eigenvalue weighted by molar-refractivity contribution is 0.0905. The molecule has 2 saturated heterocycles. The van der Waals surface area contributed by atoms with Crippen molar-refractivity contribution in [2.45, 2.75) is 50.1 Å². The predicted molar refractivity (Wildman–Crippen MR) is 60.3 cm³/mol. The van der Waals surface area contributed by atoms with E-state index in [-0.39, 0.29) is 11.6 Å². The van der Waals surface area contributed by atoms with E-state index >= 15 is 0 Å². The molecule has 0 radical (unpaired) electrons. The maximum Gasteiger partial charge on any atom is 0.410 e. The monoisotopic (exact) mass is 224 g/mol. The van der Waals surface area contributed by atoms with Crippen LogP contribution in [0.1, 0.15) is 38.5 Å². The molecular formula is C12H20N2O2. The third-order valence-electron chi connectivity index (χ3n) is 4.40. The van der Waals surface area contributed by atoms with E-state index in [1.807, 2.05) is 0 Å². The number of carbonyl (C=O) groups is 1. The molecule has 0 unspecified atom stereocenters. The molecule has 4 heteroatoms. The van der Waals surface area contributed by atoms with Gasteiger partial charge in [0.05, 0.1) is 5.54 Å². The molecule has 0 atom stereocenters. The molecule has 1 spiro atoms. The topological polar surface area (TPSA) is 41.6 Å². The summed E-state index contributed by atoms with van der Waals surface area (Å²) in [6, 6.07) is 0.452. The van der Waals surface area contributed by atoms with Crippen LogP contribution in [0.15, 0.2) is 0 Å². The van der Waals surface area contributed by atoms with Crippen molar-refractivity contribution in [1.29, 1.82) is 0 Å². The Kier molecular flexibility index (Phi) is 2.54. The number of nitrogens with zero attached hydrogens (tertiary/aromatic N) is 1. The van der Waals surface area contributed by atoms with Gasteiger partial charge in [-0.2, -0.15) is 0 Å². The maximum atomic E-state index is 11.9. The molecule has 4 nitrogen and oxygen atoms in total. The van der Waals surface area contributed by atoms with Crippen molar-refractivity contribution >= 4 is 6.09 Å². The fraction of sp³-hybridized carbons (Fsp3) is 0.917. The van der Waals surface area contributed by atoms with E-state index in [0.29, 0.717) is 12.6 Å². The number of nitrogens with one attached hydrogen (secondary N) is 1. The van der Waals surface area contributed by atoms with Crippen molar-refractivity contribution in [2.24, 2.45) is 0 Å². The molecule has 90 valence electrons. The Morgan fingerprint density at radius 1 is 1.25 bits per heavy atom. The van der Waals surface area contributed by atoms with Crippen molar-refractivity contribution in [2.75, 3.05) is 19.7 Å². The lowest BCUT2D eigenvalue weighted by atomic mass is 9.87. The predicted octanol–water partition coefficient (Wildman–Crippen LogP) is 1.50. The van der Waals surface area contributed by atoms with E-state index in [1.54, 1.807) is 0 Å². The molecule has 0 aromatic rings. The molecule has 2 aliphatic heterocycles. The van der Waals surface area contributed by atoms with Gasteiger partial charge < -0.3 is 10.1 Å². The summed E-state index contributed by atoms with van der Waals surface area (Å²) in [4.78, 5) is 14.0. The smallest absolute Gasteiger partial charge is 0.410 e. The van der Waals surface area contributed by atoms with Gasteiger partial charge in [0, 0.05) is 6.04 Å². The van der Waals surface area contributed by atoms with Crippen LogP contribution in [0, 0.1) is 0 Å². The minimum atomic E-state index is -0.0613. The third-order valence-corrected chi connectivity index (χ3v) is 4.40. The second kappa shape index (κ2) is 3.91. The van der Waals surface area contributed by atoms with Crippen LogP contribution in [0.3, 0.4) is 0 Å². The molecule has 3 aliphatic rings. The highest BCUT2D eigenvalue weighted by atomic mass is 16.6. The second-order valence-corrected chi connectivity index (χ2v) is 5.34. The fourth-order valence-corrected chi connectivity index (χ4v) is 3.51. The third kappa shape index (κ3) is 1.51. The van der Waals surface area contributed by atoms with Crippen LogP contribution < -0.4 is 5.32 Å². The van der Waals surface area contributed by atoms with Crippen LogP contribution in [0.5, 0.6) is 0 Å². The van der Waals surface area contributed by atoms with Gasteiger partial charge in [-0.1, -0.05) is 12.8 Å². The lowest BCUT2D eigenvalue weighted by Gasteiger charge is -2.41. The Hall–Kier alpha value is -0.770. The summed E-state index contributed by atoms with van der Waals surface area (Å²) >= 11 is 0. The molecule has 1 aliphatic carbocycles. The first-order valence-corrected chi connectivity index (χ1v) is 6.49. The van der Waals surface area contributed by atoms with Crippen molar-refractivity contribution in [3.63, 3.8) is 0 Å². The van der Waals surface area contributed by atoms with Gasteiger partial charge in [0.15, 0.2) is 0 Å². The van der Waals surface area contributed by atoms with Crippen LogP contribution in [0.4, 0.5) is 4.79 Å². The molecule has 2 heterocycles. The first-order chi connectivity index (χ1) is 7.82. The minimum absolute atomic E-state index is 0.0251. The number of hydrogen-bond acceptors (Lipinski definition) is 3. The van der Waals surface area contributed by atoms with Crippen LogP contribution >= 0.6 is 0 Å². The maximum absolute atomic E-state index is 11.9. The van der Waals surface area contributed by atoms with Gasteiger partial charge in [0.2, 0.25) is 0 Å². The Morgan fingerprint density at radius 2 is 1.94 bits per heavy atom. The zero-order valence-corrected chi connectivity index (χ0v) is 9.71. The van der Waals surface area contributed by atoms with Crippen LogP contribution in [0.2, 0.25) is 0 Å². The van der Waals surface area contributed by atoms with Gasteiger partial charge in [-0.05, 0) is 38.8 Å². The minimum Gasteiger partial charge on any atom is -0.447 e. The molecule has 0 aromatic heterocycles. The van der Waals surface area contributed by atoms with Gasteiger partial charge in [-0.3, -0.25) is 4.90 Å². The van der Waals surface area contributed by atoms with Gasteiger partial charge in [0.1, 0.15) is 6.61 Å². The van der Waals surface area contributed by atoms with Crippen molar-refractivity contribution < 1.29 is 9.53 Å². The molecule has 1 N–H and O–H groups in total. The highest BCUT2D eigenvalue weighted by Crippen LogP contribution is 2.38. The number of amides is 1. The molecule has 1 saturated carbocycles. The van der Waals surface area contributed by atoms with Crippen molar-refractivity contribution in [3.8, 4) is 0 Å². The summed E-state index contributed by atoms with van der Waals surface area (Å²) in [6.45, 7) is 2.64. The molecule has 0 aromatic carbocycles. The molecule has 0 bridgehead atoms. The number of carbonyl (C=O) groups excluding carboxylic acids is 1. The number of rotatable bonds is 1. The van der Waals surface area contributed by atoms with E-state index in [1.165, 1.54) is 25.7 Å². The van der Waals surface area contributed by atoms with E-state index < -0.39 is 0 Å². The van der Waals surface area contributed by atoms with E-state index in [0.717, 1.165) is 25.9 Å². The zero-order valence-electron chi connectivity index (χ0n) is 9.71. The summed E-state index contributed by atoms with van der Waals surface area (Å²) in [5.41, 5.74) is 0.0251. The van der Waals surface area contributed by atoms with Gasteiger partial charge in [-0.15, -0.1) is 0 Å².